The first-order valence-electron chi connectivity index (χ1n) is 8.52. The summed E-state index contributed by atoms with van der Waals surface area (Å²) in [5, 5.41) is 14.7. The summed E-state index contributed by atoms with van der Waals surface area (Å²) in [6.45, 7) is 5.41. The fraction of sp³-hybridized carbons (Fsp3) is 0.474. The second-order valence-electron chi connectivity index (χ2n) is 6.80. The van der Waals surface area contributed by atoms with E-state index in [1.165, 1.54) is 11.1 Å². The van der Waals surface area contributed by atoms with Crippen LogP contribution in [0.25, 0.3) is 0 Å². The van der Waals surface area contributed by atoms with E-state index >= 15 is 0 Å². The first kappa shape index (κ1) is 16.7. The number of carbonyl (C=O) groups excluding carboxylic acids is 1. The number of carbonyl (C=O) groups is 1. The minimum atomic E-state index is -0.471. The third-order valence-corrected chi connectivity index (χ3v) is 4.88. The molecular weight excluding hydrogens is 302 g/mol. The van der Waals surface area contributed by atoms with Gasteiger partial charge in [-0.3, -0.25) is 9.48 Å². The Kier molecular flexibility index (Phi) is 5.00. The van der Waals surface area contributed by atoms with Crippen LogP contribution in [-0.4, -0.2) is 44.9 Å². The van der Waals surface area contributed by atoms with Gasteiger partial charge >= 0.3 is 0 Å². The highest BCUT2D eigenvalue weighted by Crippen LogP contribution is 2.24. The second-order valence-corrected chi connectivity index (χ2v) is 6.80. The molecule has 1 aromatic carbocycles. The molecule has 0 spiro atoms. The van der Waals surface area contributed by atoms with Gasteiger partial charge in [-0.25, -0.2) is 0 Å². The number of aliphatic hydroxyl groups is 1. The summed E-state index contributed by atoms with van der Waals surface area (Å²) in [6.07, 6.45) is 4.84. The Morgan fingerprint density at radius 3 is 2.79 bits per heavy atom. The molecule has 2 heterocycles. The van der Waals surface area contributed by atoms with E-state index in [1.807, 2.05) is 25.3 Å². The van der Waals surface area contributed by atoms with Gasteiger partial charge in [-0.05, 0) is 49.3 Å². The van der Waals surface area contributed by atoms with E-state index in [0.29, 0.717) is 13.1 Å². The standard InChI is InChI=1S/C19H25N3O2/c1-14-10-20-22(11-14)13-19(24)21-8-7-17(18(23)12-21)9-16-6-4-3-5-15(16)2/h3-6,10-11,17-18,23H,7-9,12-13H2,1-2H3/t17-,18+/m1/s1. The zero-order valence-electron chi connectivity index (χ0n) is 14.4. The van der Waals surface area contributed by atoms with Crippen LogP contribution in [0.1, 0.15) is 23.1 Å². The Labute approximate surface area is 142 Å². The van der Waals surface area contributed by atoms with Crippen molar-refractivity contribution in [2.75, 3.05) is 13.1 Å². The molecule has 0 aliphatic carbocycles. The summed E-state index contributed by atoms with van der Waals surface area (Å²) in [5.41, 5.74) is 3.59. The Bertz CT molecular complexity index is 710. The van der Waals surface area contributed by atoms with Crippen LogP contribution < -0.4 is 0 Å². The molecule has 1 amide bonds. The van der Waals surface area contributed by atoms with Crippen molar-refractivity contribution in [1.82, 2.24) is 14.7 Å². The van der Waals surface area contributed by atoms with Gasteiger partial charge in [0.1, 0.15) is 6.54 Å². The molecule has 0 bridgehead atoms. The molecule has 5 nitrogen and oxygen atoms in total. The lowest BCUT2D eigenvalue weighted by Crippen LogP contribution is -2.48. The summed E-state index contributed by atoms with van der Waals surface area (Å²) >= 11 is 0. The van der Waals surface area contributed by atoms with Crippen LogP contribution in [0, 0.1) is 19.8 Å². The van der Waals surface area contributed by atoms with Gasteiger partial charge in [-0.1, -0.05) is 24.3 Å². The Hall–Kier alpha value is -2.14. The molecule has 1 aliphatic heterocycles. The molecule has 5 heteroatoms. The average Bonchev–Trinajstić information content (AvgIpc) is 2.96. The van der Waals surface area contributed by atoms with Crippen molar-refractivity contribution in [2.24, 2.45) is 5.92 Å². The smallest absolute Gasteiger partial charge is 0.244 e. The zero-order chi connectivity index (χ0) is 17.1. The predicted octanol–water partition coefficient (Wildman–Crippen LogP) is 1.95. The molecule has 2 aromatic rings. The van der Waals surface area contributed by atoms with Crippen molar-refractivity contribution in [1.29, 1.82) is 0 Å². The van der Waals surface area contributed by atoms with Gasteiger partial charge in [0.15, 0.2) is 0 Å². The first-order chi connectivity index (χ1) is 11.5. The van der Waals surface area contributed by atoms with Crippen molar-refractivity contribution in [3.05, 3.63) is 53.3 Å². The van der Waals surface area contributed by atoms with Crippen molar-refractivity contribution in [2.45, 2.75) is 39.3 Å². The fourth-order valence-corrected chi connectivity index (χ4v) is 3.36. The molecule has 1 aromatic heterocycles. The van der Waals surface area contributed by atoms with Crippen LogP contribution in [0.5, 0.6) is 0 Å². The normalized spacial score (nSPS) is 21.0. The van der Waals surface area contributed by atoms with Gasteiger partial charge in [0.2, 0.25) is 5.91 Å². The highest BCUT2D eigenvalue weighted by molar-refractivity contribution is 5.76. The lowest BCUT2D eigenvalue weighted by atomic mass is 9.86. The van der Waals surface area contributed by atoms with Gasteiger partial charge in [0.25, 0.3) is 0 Å². The highest BCUT2D eigenvalue weighted by atomic mass is 16.3. The fourth-order valence-electron chi connectivity index (χ4n) is 3.36. The largest absolute Gasteiger partial charge is 0.391 e. The van der Waals surface area contributed by atoms with Crippen LogP contribution in [0.3, 0.4) is 0 Å². The molecule has 2 atom stereocenters. The lowest BCUT2D eigenvalue weighted by molar-refractivity contribution is -0.136. The van der Waals surface area contributed by atoms with Crippen molar-refractivity contribution < 1.29 is 9.90 Å². The topological polar surface area (TPSA) is 58.4 Å². The number of aryl methyl sites for hydroxylation is 2. The molecule has 1 fully saturated rings. The molecule has 24 heavy (non-hydrogen) atoms. The molecular formula is C19H25N3O2. The number of amides is 1. The van der Waals surface area contributed by atoms with Crippen molar-refractivity contribution >= 4 is 5.91 Å². The van der Waals surface area contributed by atoms with E-state index in [-0.39, 0.29) is 18.4 Å². The summed E-state index contributed by atoms with van der Waals surface area (Å²) < 4.78 is 1.66. The first-order valence-corrected chi connectivity index (χ1v) is 8.52. The van der Waals surface area contributed by atoms with Crippen LogP contribution in [0.2, 0.25) is 0 Å². The summed E-state index contributed by atoms with van der Waals surface area (Å²) in [7, 11) is 0. The van der Waals surface area contributed by atoms with Crippen molar-refractivity contribution in [3.63, 3.8) is 0 Å². The predicted molar refractivity (Wildman–Crippen MR) is 92.5 cm³/mol. The monoisotopic (exact) mass is 327 g/mol. The lowest BCUT2D eigenvalue weighted by Gasteiger charge is -2.36. The number of piperidine rings is 1. The number of hydrogen-bond acceptors (Lipinski definition) is 3. The molecule has 0 radical (unpaired) electrons. The average molecular weight is 327 g/mol. The highest BCUT2D eigenvalue weighted by Gasteiger charge is 2.30. The minimum Gasteiger partial charge on any atom is -0.391 e. The second kappa shape index (κ2) is 7.18. The maximum Gasteiger partial charge on any atom is 0.244 e. The van der Waals surface area contributed by atoms with E-state index in [9.17, 15) is 9.90 Å². The van der Waals surface area contributed by atoms with Gasteiger partial charge in [0.05, 0.1) is 12.3 Å². The Morgan fingerprint density at radius 2 is 2.12 bits per heavy atom. The number of nitrogens with zero attached hydrogens (tertiary/aromatic N) is 3. The maximum absolute atomic E-state index is 12.4. The van der Waals surface area contributed by atoms with Gasteiger partial charge in [-0.2, -0.15) is 5.10 Å². The van der Waals surface area contributed by atoms with Crippen LogP contribution in [-0.2, 0) is 17.8 Å². The SMILES string of the molecule is Cc1cnn(CC(=O)N2CC[C@H](Cc3ccccc3C)[C@@H](O)C2)c1. The molecule has 0 unspecified atom stereocenters. The third kappa shape index (κ3) is 3.85. The molecule has 1 saturated heterocycles. The van der Waals surface area contributed by atoms with Gasteiger partial charge < -0.3 is 10.0 Å². The van der Waals surface area contributed by atoms with E-state index in [2.05, 4.69) is 24.2 Å². The maximum atomic E-state index is 12.4. The van der Waals surface area contributed by atoms with Gasteiger partial charge in [0, 0.05) is 19.3 Å². The van der Waals surface area contributed by atoms with Crippen molar-refractivity contribution in [3.8, 4) is 0 Å². The molecule has 1 N–H and O–H groups in total. The number of hydrogen-bond donors (Lipinski definition) is 1. The zero-order valence-corrected chi connectivity index (χ0v) is 14.4. The molecule has 3 rings (SSSR count). The summed E-state index contributed by atoms with van der Waals surface area (Å²) in [6, 6.07) is 8.30. The molecule has 0 saturated carbocycles. The number of rotatable bonds is 4. The van der Waals surface area contributed by atoms with E-state index < -0.39 is 6.10 Å². The quantitative estimate of drug-likeness (QED) is 0.934. The molecule has 1 aliphatic rings. The number of aromatic nitrogens is 2. The van der Waals surface area contributed by atoms with E-state index in [1.54, 1.807) is 15.8 Å². The Morgan fingerprint density at radius 1 is 1.33 bits per heavy atom. The third-order valence-electron chi connectivity index (χ3n) is 4.88. The van der Waals surface area contributed by atoms with E-state index in [4.69, 9.17) is 0 Å². The summed E-state index contributed by atoms with van der Waals surface area (Å²) in [5.74, 6) is 0.230. The number of β-amino-alcohol motifs (C(OH)–C–C–N with tert-alkyl or cyclic N) is 1. The number of aliphatic hydroxyl groups excluding tert-OH is 1. The number of likely N-dealkylation sites (tertiary alicyclic amines) is 1. The number of benzene rings is 1. The van der Waals surface area contributed by atoms with Crippen LogP contribution in [0.4, 0.5) is 0 Å². The van der Waals surface area contributed by atoms with E-state index in [0.717, 1.165) is 18.4 Å². The van der Waals surface area contributed by atoms with Gasteiger partial charge in [-0.15, -0.1) is 0 Å². The van der Waals surface area contributed by atoms with Crippen LogP contribution in [0.15, 0.2) is 36.7 Å². The summed E-state index contributed by atoms with van der Waals surface area (Å²) in [4.78, 5) is 14.2. The van der Waals surface area contributed by atoms with Crippen LogP contribution >= 0.6 is 0 Å². The minimum absolute atomic E-state index is 0.0199. The molecule has 128 valence electrons. The Balaban J connectivity index is 1.56.